The largest absolute Gasteiger partial charge is 0.459 e. The molecule has 2 aromatic carbocycles. The molecular formula is C25H24FN3O4. The standard InChI is InChI=1S/C25H24FN3O4/c1-16-8-9-18(13-20(16)26)23(30)27-10-11-28-24(31)21-14-17-5-2-3-6-19(17)15-29(21)25(32)22-7-4-12-33-22/h2-9,12-13,21H,10-11,14-15H2,1H3,(H,27,30)(H,28,31). The van der Waals surface area contributed by atoms with E-state index in [4.69, 9.17) is 4.42 Å². The van der Waals surface area contributed by atoms with Crippen LogP contribution < -0.4 is 10.6 Å². The summed E-state index contributed by atoms with van der Waals surface area (Å²) < 4.78 is 18.9. The van der Waals surface area contributed by atoms with Crippen LogP contribution in [0.4, 0.5) is 4.39 Å². The lowest BCUT2D eigenvalue weighted by Crippen LogP contribution is -2.53. The Morgan fingerprint density at radius 3 is 2.52 bits per heavy atom. The van der Waals surface area contributed by atoms with Crippen LogP contribution in [0, 0.1) is 12.7 Å². The van der Waals surface area contributed by atoms with Gasteiger partial charge in [0, 0.05) is 31.6 Å². The highest BCUT2D eigenvalue weighted by Gasteiger charge is 2.35. The van der Waals surface area contributed by atoms with Crippen molar-refractivity contribution in [2.75, 3.05) is 13.1 Å². The van der Waals surface area contributed by atoms with E-state index in [1.165, 1.54) is 23.3 Å². The fourth-order valence-corrected chi connectivity index (χ4v) is 3.83. The van der Waals surface area contributed by atoms with Gasteiger partial charge >= 0.3 is 0 Å². The Labute approximate surface area is 190 Å². The monoisotopic (exact) mass is 449 g/mol. The average molecular weight is 449 g/mol. The third-order valence-corrected chi connectivity index (χ3v) is 5.69. The molecule has 8 heteroatoms. The number of halogens is 1. The zero-order chi connectivity index (χ0) is 23.4. The summed E-state index contributed by atoms with van der Waals surface area (Å²) >= 11 is 0. The van der Waals surface area contributed by atoms with E-state index >= 15 is 0 Å². The molecule has 1 aliphatic heterocycles. The molecule has 1 unspecified atom stereocenters. The molecule has 33 heavy (non-hydrogen) atoms. The Morgan fingerprint density at radius 1 is 1.03 bits per heavy atom. The normalized spacial score (nSPS) is 15.0. The number of rotatable bonds is 6. The van der Waals surface area contributed by atoms with E-state index in [1.54, 1.807) is 25.1 Å². The summed E-state index contributed by atoms with van der Waals surface area (Å²) in [5, 5.41) is 5.45. The molecule has 0 saturated heterocycles. The minimum Gasteiger partial charge on any atom is -0.459 e. The summed E-state index contributed by atoms with van der Waals surface area (Å²) in [5.74, 6) is -1.38. The summed E-state index contributed by atoms with van der Waals surface area (Å²) in [5.41, 5.74) is 2.67. The minimum absolute atomic E-state index is 0.162. The summed E-state index contributed by atoms with van der Waals surface area (Å²) in [6, 6.07) is 14.4. The number of hydrogen-bond acceptors (Lipinski definition) is 4. The van der Waals surface area contributed by atoms with Gasteiger partial charge in [0.2, 0.25) is 5.91 Å². The molecule has 0 saturated carbocycles. The van der Waals surface area contributed by atoms with Crippen LogP contribution in [0.2, 0.25) is 0 Å². The summed E-state index contributed by atoms with van der Waals surface area (Å²) in [6.45, 7) is 2.25. The molecule has 0 fully saturated rings. The second kappa shape index (κ2) is 9.68. The predicted octanol–water partition coefficient (Wildman–Crippen LogP) is 2.84. The molecule has 0 aliphatic carbocycles. The zero-order valence-electron chi connectivity index (χ0n) is 18.1. The molecule has 7 nitrogen and oxygen atoms in total. The Bertz CT molecular complexity index is 1180. The van der Waals surface area contributed by atoms with Crippen LogP contribution in [-0.2, 0) is 17.8 Å². The van der Waals surface area contributed by atoms with E-state index in [0.717, 1.165) is 11.1 Å². The fraction of sp³-hybridized carbons (Fsp3) is 0.240. The van der Waals surface area contributed by atoms with Gasteiger partial charge in [-0.05, 0) is 47.9 Å². The van der Waals surface area contributed by atoms with Gasteiger partial charge in [0.15, 0.2) is 5.76 Å². The van der Waals surface area contributed by atoms with E-state index in [0.29, 0.717) is 18.5 Å². The Kier molecular flexibility index (Phi) is 6.53. The van der Waals surface area contributed by atoms with Gasteiger partial charge in [-0.15, -0.1) is 0 Å². The van der Waals surface area contributed by atoms with Crippen molar-refractivity contribution in [3.63, 3.8) is 0 Å². The lowest BCUT2D eigenvalue weighted by Gasteiger charge is -2.35. The van der Waals surface area contributed by atoms with Crippen molar-refractivity contribution in [2.24, 2.45) is 0 Å². The van der Waals surface area contributed by atoms with Gasteiger partial charge in [-0.1, -0.05) is 30.3 Å². The van der Waals surface area contributed by atoms with E-state index in [2.05, 4.69) is 10.6 Å². The molecular weight excluding hydrogens is 425 g/mol. The molecule has 1 atom stereocenters. The number of nitrogens with zero attached hydrogens (tertiary/aromatic N) is 1. The number of carbonyl (C=O) groups is 3. The first-order valence-corrected chi connectivity index (χ1v) is 10.7. The van der Waals surface area contributed by atoms with Gasteiger partial charge in [-0.3, -0.25) is 14.4 Å². The van der Waals surface area contributed by atoms with Gasteiger partial charge in [-0.2, -0.15) is 0 Å². The summed E-state index contributed by atoms with van der Waals surface area (Å²) in [6.07, 6.45) is 1.80. The van der Waals surface area contributed by atoms with Gasteiger partial charge in [-0.25, -0.2) is 4.39 Å². The maximum Gasteiger partial charge on any atom is 0.290 e. The molecule has 3 amide bonds. The van der Waals surface area contributed by atoms with E-state index in [1.807, 2.05) is 24.3 Å². The first-order chi connectivity index (χ1) is 15.9. The molecule has 2 N–H and O–H groups in total. The van der Waals surface area contributed by atoms with Crippen LogP contribution >= 0.6 is 0 Å². The van der Waals surface area contributed by atoms with E-state index in [9.17, 15) is 18.8 Å². The van der Waals surface area contributed by atoms with Gasteiger partial charge in [0.25, 0.3) is 11.8 Å². The van der Waals surface area contributed by atoms with E-state index < -0.39 is 17.8 Å². The van der Waals surface area contributed by atoms with Crippen LogP contribution in [0.3, 0.4) is 0 Å². The van der Waals surface area contributed by atoms with Crippen LogP contribution in [0.5, 0.6) is 0 Å². The Morgan fingerprint density at radius 2 is 1.79 bits per heavy atom. The van der Waals surface area contributed by atoms with Crippen LogP contribution in [-0.4, -0.2) is 41.8 Å². The van der Waals surface area contributed by atoms with E-state index in [-0.39, 0.29) is 36.2 Å². The molecule has 0 radical (unpaired) electrons. The SMILES string of the molecule is Cc1ccc(C(=O)NCCNC(=O)C2Cc3ccccc3CN2C(=O)c2ccco2)cc1F. The van der Waals surface area contributed by atoms with Crippen LogP contribution in [0.1, 0.15) is 37.6 Å². The summed E-state index contributed by atoms with van der Waals surface area (Å²) in [4.78, 5) is 39.7. The Hall–Kier alpha value is -3.94. The second-order valence-corrected chi connectivity index (χ2v) is 7.91. The van der Waals surface area contributed by atoms with Gasteiger partial charge in [0.05, 0.1) is 6.26 Å². The topological polar surface area (TPSA) is 91.7 Å². The maximum absolute atomic E-state index is 13.7. The van der Waals surface area contributed by atoms with Crippen molar-refractivity contribution in [1.29, 1.82) is 0 Å². The maximum atomic E-state index is 13.7. The molecule has 0 spiro atoms. The van der Waals surface area contributed by atoms with Crippen LogP contribution in [0.15, 0.2) is 65.3 Å². The number of nitrogens with one attached hydrogen (secondary N) is 2. The number of hydrogen-bond donors (Lipinski definition) is 2. The second-order valence-electron chi connectivity index (χ2n) is 7.91. The Balaban J connectivity index is 1.38. The molecule has 1 aromatic heterocycles. The van der Waals surface area contributed by atoms with Gasteiger partial charge < -0.3 is 20.0 Å². The number of aryl methyl sites for hydroxylation is 1. The molecule has 1 aliphatic rings. The lowest BCUT2D eigenvalue weighted by molar-refractivity contribution is -0.126. The summed E-state index contributed by atoms with van der Waals surface area (Å²) in [7, 11) is 0. The third-order valence-electron chi connectivity index (χ3n) is 5.69. The van der Waals surface area contributed by atoms with Crippen molar-refractivity contribution in [2.45, 2.75) is 25.9 Å². The first-order valence-electron chi connectivity index (χ1n) is 10.7. The van der Waals surface area contributed by atoms with Crippen molar-refractivity contribution < 1.29 is 23.2 Å². The highest BCUT2D eigenvalue weighted by Crippen LogP contribution is 2.25. The quantitative estimate of drug-likeness (QED) is 0.566. The molecule has 2 heterocycles. The zero-order valence-corrected chi connectivity index (χ0v) is 18.1. The van der Waals surface area contributed by atoms with Crippen molar-refractivity contribution >= 4 is 17.7 Å². The number of carbonyl (C=O) groups excluding carboxylic acids is 3. The number of benzene rings is 2. The van der Waals surface area contributed by atoms with Crippen molar-refractivity contribution in [1.82, 2.24) is 15.5 Å². The highest BCUT2D eigenvalue weighted by atomic mass is 19.1. The third kappa shape index (κ3) is 4.95. The molecule has 0 bridgehead atoms. The number of fused-ring (bicyclic) bond motifs is 1. The molecule has 170 valence electrons. The highest BCUT2D eigenvalue weighted by molar-refractivity contribution is 5.96. The lowest BCUT2D eigenvalue weighted by atomic mass is 9.93. The number of amides is 3. The van der Waals surface area contributed by atoms with Crippen LogP contribution in [0.25, 0.3) is 0 Å². The molecule has 3 aromatic rings. The average Bonchev–Trinajstić information content (AvgIpc) is 3.37. The predicted molar refractivity (Wildman–Crippen MR) is 119 cm³/mol. The van der Waals surface area contributed by atoms with Gasteiger partial charge in [0.1, 0.15) is 11.9 Å². The number of furan rings is 1. The first kappa shape index (κ1) is 22.3. The minimum atomic E-state index is -0.709. The fourth-order valence-electron chi connectivity index (χ4n) is 3.83. The van der Waals surface area contributed by atoms with Crippen molar-refractivity contribution in [3.05, 3.63) is 94.7 Å². The smallest absolute Gasteiger partial charge is 0.290 e. The molecule has 4 rings (SSSR count). The van der Waals surface area contributed by atoms with Crippen molar-refractivity contribution in [3.8, 4) is 0 Å².